The standard InChI is InChI=1S/C16H20FN5O2S/c1-9(2)12-11(17)14(23)20-16(19-12)22-6-4-21(5-7-22)15(24)13-10(3)18-8-25-13/h8-9,11H,4-7H2,1-3H3. The lowest BCUT2D eigenvalue weighted by molar-refractivity contribution is -0.120. The molecule has 0 aromatic carbocycles. The molecule has 1 saturated heterocycles. The molecular formula is C16H20FN5O2S. The number of nitrogens with zero attached hydrogens (tertiary/aromatic N) is 5. The molecule has 2 amide bonds. The minimum Gasteiger partial charge on any atom is -0.337 e. The van der Waals surface area contributed by atoms with E-state index in [0.717, 1.165) is 5.69 Å². The third-order valence-corrected chi connectivity index (χ3v) is 5.21. The first-order valence-corrected chi connectivity index (χ1v) is 9.06. The van der Waals surface area contributed by atoms with E-state index in [2.05, 4.69) is 15.0 Å². The van der Waals surface area contributed by atoms with Gasteiger partial charge >= 0.3 is 0 Å². The van der Waals surface area contributed by atoms with Crippen molar-refractivity contribution in [3.63, 3.8) is 0 Å². The summed E-state index contributed by atoms with van der Waals surface area (Å²) >= 11 is 1.34. The lowest BCUT2D eigenvalue weighted by Crippen LogP contribution is -2.51. The Balaban J connectivity index is 1.68. The van der Waals surface area contributed by atoms with Crippen molar-refractivity contribution >= 4 is 34.8 Å². The van der Waals surface area contributed by atoms with Crippen LogP contribution in [0.1, 0.15) is 29.2 Å². The number of guanidine groups is 1. The maximum Gasteiger partial charge on any atom is 0.289 e. The highest BCUT2D eigenvalue weighted by atomic mass is 32.1. The lowest BCUT2D eigenvalue weighted by atomic mass is 10.0. The monoisotopic (exact) mass is 365 g/mol. The van der Waals surface area contributed by atoms with Gasteiger partial charge < -0.3 is 9.80 Å². The number of carbonyl (C=O) groups is 2. The second kappa shape index (κ2) is 6.99. The first kappa shape index (κ1) is 17.7. The molecule has 0 aliphatic carbocycles. The number of aryl methyl sites for hydroxylation is 1. The molecule has 7 nitrogen and oxygen atoms in total. The number of halogens is 1. The molecule has 0 bridgehead atoms. The van der Waals surface area contributed by atoms with Crippen molar-refractivity contribution in [3.05, 3.63) is 16.1 Å². The van der Waals surface area contributed by atoms with E-state index in [-0.39, 0.29) is 23.5 Å². The normalized spacial score (nSPS) is 21.5. The average Bonchev–Trinajstić information content (AvgIpc) is 3.02. The van der Waals surface area contributed by atoms with Crippen LogP contribution in [-0.2, 0) is 4.79 Å². The van der Waals surface area contributed by atoms with Crippen LogP contribution < -0.4 is 0 Å². The molecule has 3 rings (SSSR count). The molecule has 0 N–H and O–H groups in total. The number of piperazine rings is 1. The molecular weight excluding hydrogens is 345 g/mol. The fourth-order valence-corrected chi connectivity index (χ4v) is 3.57. The van der Waals surface area contributed by atoms with Crippen LogP contribution in [0.2, 0.25) is 0 Å². The number of alkyl halides is 1. The fourth-order valence-electron chi connectivity index (χ4n) is 2.80. The average molecular weight is 365 g/mol. The smallest absolute Gasteiger partial charge is 0.289 e. The highest BCUT2D eigenvalue weighted by molar-refractivity contribution is 7.11. The third-order valence-electron chi connectivity index (χ3n) is 4.30. The number of hydrogen-bond donors (Lipinski definition) is 0. The zero-order valence-electron chi connectivity index (χ0n) is 14.4. The fraction of sp³-hybridized carbons (Fsp3) is 0.562. The van der Waals surface area contributed by atoms with Gasteiger partial charge in [-0.05, 0) is 12.8 Å². The minimum absolute atomic E-state index is 0.0310. The van der Waals surface area contributed by atoms with E-state index in [9.17, 15) is 14.0 Å². The quantitative estimate of drug-likeness (QED) is 0.796. The first-order chi connectivity index (χ1) is 11.9. The molecule has 1 unspecified atom stereocenters. The number of rotatable bonds is 2. The number of amides is 2. The van der Waals surface area contributed by atoms with Gasteiger partial charge in [-0.2, -0.15) is 4.99 Å². The van der Waals surface area contributed by atoms with E-state index in [0.29, 0.717) is 31.1 Å². The summed E-state index contributed by atoms with van der Waals surface area (Å²) < 4.78 is 13.9. The van der Waals surface area contributed by atoms with Gasteiger partial charge in [0.05, 0.1) is 16.9 Å². The van der Waals surface area contributed by atoms with Crippen LogP contribution in [0, 0.1) is 12.8 Å². The summed E-state index contributed by atoms with van der Waals surface area (Å²) in [6.07, 6.45) is -1.75. The molecule has 1 atom stereocenters. The van der Waals surface area contributed by atoms with Crippen molar-refractivity contribution in [3.8, 4) is 0 Å². The number of thiazole rings is 1. The zero-order valence-corrected chi connectivity index (χ0v) is 15.2. The van der Waals surface area contributed by atoms with Crippen molar-refractivity contribution in [1.29, 1.82) is 0 Å². The largest absolute Gasteiger partial charge is 0.337 e. The predicted octanol–water partition coefficient (Wildman–Crippen LogP) is 1.54. The number of aromatic nitrogens is 1. The van der Waals surface area contributed by atoms with E-state index in [1.54, 1.807) is 24.3 Å². The molecule has 0 radical (unpaired) electrons. The summed E-state index contributed by atoms with van der Waals surface area (Å²) in [7, 11) is 0. The molecule has 1 fully saturated rings. The molecule has 134 valence electrons. The summed E-state index contributed by atoms with van der Waals surface area (Å²) in [5.74, 6) is -0.741. The molecule has 0 saturated carbocycles. The Morgan fingerprint density at radius 3 is 2.52 bits per heavy atom. The van der Waals surface area contributed by atoms with Crippen molar-refractivity contribution in [2.45, 2.75) is 26.9 Å². The predicted molar refractivity (Wildman–Crippen MR) is 93.9 cm³/mol. The highest BCUT2D eigenvalue weighted by Crippen LogP contribution is 2.18. The van der Waals surface area contributed by atoms with Gasteiger partial charge in [-0.3, -0.25) is 9.59 Å². The summed E-state index contributed by atoms with van der Waals surface area (Å²) in [5, 5.41) is 0. The van der Waals surface area contributed by atoms with Gasteiger partial charge in [0.15, 0.2) is 0 Å². The Morgan fingerprint density at radius 2 is 1.96 bits per heavy atom. The molecule has 2 aliphatic heterocycles. The van der Waals surface area contributed by atoms with E-state index >= 15 is 0 Å². The SMILES string of the molecule is Cc1ncsc1C(=O)N1CCN(C2=NC(=O)C(F)C(C(C)C)=N2)CC1. The Hall–Kier alpha value is -2.16. The van der Waals surface area contributed by atoms with Gasteiger partial charge in [0.1, 0.15) is 4.88 Å². The molecule has 1 aromatic rings. The maximum atomic E-state index is 13.9. The zero-order chi connectivity index (χ0) is 18.1. The van der Waals surface area contributed by atoms with Gasteiger partial charge in [0.2, 0.25) is 12.1 Å². The van der Waals surface area contributed by atoms with Crippen molar-refractivity contribution < 1.29 is 14.0 Å². The van der Waals surface area contributed by atoms with Gasteiger partial charge in [0.25, 0.3) is 11.8 Å². The summed E-state index contributed by atoms with van der Waals surface area (Å²) in [5.41, 5.74) is 2.62. The molecule has 9 heteroatoms. The topological polar surface area (TPSA) is 78.2 Å². The van der Waals surface area contributed by atoms with Crippen LogP contribution in [0.3, 0.4) is 0 Å². The number of carbonyl (C=O) groups excluding carboxylic acids is 2. The molecule has 1 aromatic heterocycles. The number of aliphatic imine (C=N–C) groups is 2. The summed E-state index contributed by atoms with van der Waals surface area (Å²) in [6.45, 7) is 7.41. The Kier molecular flexibility index (Phi) is 4.94. The minimum atomic E-state index is -1.75. The summed E-state index contributed by atoms with van der Waals surface area (Å²) in [6, 6.07) is 0. The summed E-state index contributed by atoms with van der Waals surface area (Å²) in [4.78, 5) is 40.7. The second-order valence-corrected chi connectivity index (χ2v) is 7.20. The molecule has 3 heterocycles. The first-order valence-electron chi connectivity index (χ1n) is 8.18. The van der Waals surface area contributed by atoms with Crippen molar-refractivity contribution in [1.82, 2.24) is 14.8 Å². The Bertz CT molecular complexity index is 749. The van der Waals surface area contributed by atoms with Crippen LogP contribution in [0.15, 0.2) is 15.5 Å². The molecule has 0 spiro atoms. The van der Waals surface area contributed by atoms with Gasteiger partial charge in [-0.15, -0.1) is 11.3 Å². The van der Waals surface area contributed by atoms with Gasteiger partial charge in [-0.1, -0.05) is 13.8 Å². The third kappa shape index (κ3) is 3.46. The highest BCUT2D eigenvalue weighted by Gasteiger charge is 2.33. The maximum absolute atomic E-state index is 13.9. The van der Waals surface area contributed by atoms with E-state index in [1.807, 2.05) is 11.8 Å². The molecule has 25 heavy (non-hydrogen) atoms. The van der Waals surface area contributed by atoms with Crippen LogP contribution in [-0.4, -0.2) is 70.6 Å². The van der Waals surface area contributed by atoms with E-state index < -0.39 is 12.1 Å². The lowest BCUT2D eigenvalue weighted by Gasteiger charge is -2.36. The van der Waals surface area contributed by atoms with Crippen LogP contribution in [0.4, 0.5) is 4.39 Å². The number of hydrogen-bond acceptors (Lipinski definition) is 6. The Labute approximate surface area is 149 Å². The van der Waals surface area contributed by atoms with Crippen molar-refractivity contribution in [2.75, 3.05) is 26.2 Å². The van der Waals surface area contributed by atoms with E-state index in [1.165, 1.54) is 11.3 Å². The van der Waals surface area contributed by atoms with Crippen molar-refractivity contribution in [2.24, 2.45) is 15.9 Å². The van der Waals surface area contributed by atoms with E-state index in [4.69, 9.17) is 0 Å². The van der Waals surface area contributed by atoms with Gasteiger partial charge in [-0.25, -0.2) is 14.4 Å². The molecule has 2 aliphatic rings. The Morgan fingerprint density at radius 1 is 1.28 bits per heavy atom. The van der Waals surface area contributed by atoms with Crippen LogP contribution in [0.25, 0.3) is 0 Å². The van der Waals surface area contributed by atoms with Crippen LogP contribution in [0.5, 0.6) is 0 Å². The van der Waals surface area contributed by atoms with Crippen LogP contribution >= 0.6 is 11.3 Å². The van der Waals surface area contributed by atoms with Gasteiger partial charge in [0, 0.05) is 26.2 Å². The second-order valence-electron chi connectivity index (χ2n) is 6.35.